The molecule has 9 heteroatoms. The van der Waals surface area contributed by atoms with Gasteiger partial charge < -0.3 is 4.42 Å². The summed E-state index contributed by atoms with van der Waals surface area (Å²) >= 11 is 0. The largest absolute Gasteiger partial charge is 0.423 e. The Balaban J connectivity index is 1.60. The highest BCUT2D eigenvalue weighted by Crippen LogP contribution is 2.64. The molecule has 30 heavy (non-hydrogen) atoms. The van der Waals surface area contributed by atoms with Gasteiger partial charge in [0.25, 0.3) is 16.0 Å². The van der Waals surface area contributed by atoms with E-state index in [9.17, 15) is 22.8 Å². The molecule has 0 radical (unpaired) electrons. The zero-order valence-electron chi connectivity index (χ0n) is 17.0. The summed E-state index contributed by atoms with van der Waals surface area (Å²) in [4.78, 5) is 37.3. The quantitative estimate of drug-likeness (QED) is 0.526. The lowest BCUT2D eigenvalue weighted by Gasteiger charge is -2.36. The van der Waals surface area contributed by atoms with Gasteiger partial charge in [0.15, 0.2) is 0 Å². The first-order valence-corrected chi connectivity index (χ1v) is 11.3. The molecule has 1 aromatic carbocycles. The molecule has 2 atom stereocenters. The molecule has 2 aliphatic carbocycles. The van der Waals surface area contributed by atoms with E-state index in [1.807, 2.05) is 13.8 Å². The lowest BCUT2D eigenvalue weighted by molar-refractivity contribution is -0.128. The summed E-state index contributed by atoms with van der Waals surface area (Å²) in [5, 5.41) is 0.950. The van der Waals surface area contributed by atoms with Crippen LogP contribution in [0.4, 0.5) is 0 Å². The van der Waals surface area contributed by atoms with Crippen molar-refractivity contribution in [1.29, 1.82) is 0 Å². The van der Waals surface area contributed by atoms with Crippen molar-refractivity contribution in [2.75, 3.05) is 12.8 Å². The Labute approximate surface area is 173 Å². The highest BCUT2D eigenvalue weighted by atomic mass is 32.2. The average molecular weight is 433 g/mol. The lowest BCUT2D eigenvalue weighted by Crippen LogP contribution is -2.44. The molecule has 2 aromatic rings. The van der Waals surface area contributed by atoms with Crippen LogP contribution >= 0.6 is 0 Å². The summed E-state index contributed by atoms with van der Waals surface area (Å²) in [6.07, 6.45) is 1.67. The monoisotopic (exact) mass is 433 g/mol. The number of nitrogens with zero attached hydrogens (tertiary/aromatic N) is 1. The first kappa shape index (κ1) is 20.7. The van der Waals surface area contributed by atoms with E-state index in [2.05, 4.69) is 0 Å². The number of carbonyl (C=O) groups excluding carboxylic acids is 2. The van der Waals surface area contributed by atoms with Gasteiger partial charge in [-0.2, -0.15) is 8.42 Å². The van der Waals surface area contributed by atoms with Gasteiger partial charge in [-0.05, 0) is 30.2 Å². The van der Waals surface area contributed by atoms with Gasteiger partial charge in [-0.3, -0.25) is 9.59 Å². The Kier molecular flexibility index (Phi) is 4.66. The predicted molar refractivity (Wildman–Crippen MR) is 108 cm³/mol. The number of para-hydroxylation sites is 1. The molecule has 2 bridgehead atoms. The average Bonchev–Trinajstić information content (AvgIpc) is 3.00. The molecule has 0 N–H and O–H groups in total. The Morgan fingerprint density at radius 1 is 1.27 bits per heavy atom. The van der Waals surface area contributed by atoms with Crippen molar-refractivity contribution >= 4 is 32.8 Å². The normalized spacial score (nSPS) is 25.0. The molecule has 2 unspecified atom stereocenters. The molecule has 0 saturated heterocycles. The Hall–Kier alpha value is -2.52. The summed E-state index contributed by atoms with van der Waals surface area (Å²) in [5.41, 5.74) is -2.00. The van der Waals surface area contributed by atoms with Crippen LogP contribution in [0.2, 0.25) is 0 Å². The van der Waals surface area contributed by atoms with Crippen molar-refractivity contribution < 1.29 is 26.7 Å². The summed E-state index contributed by atoms with van der Waals surface area (Å²) in [6.45, 7) is 3.85. The van der Waals surface area contributed by atoms with Gasteiger partial charge >= 0.3 is 5.63 Å². The first-order chi connectivity index (χ1) is 14.0. The zero-order chi connectivity index (χ0) is 21.9. The fourth-order valence-corrected chi connectivity index (χ4v) is 6.84. The smallest absolute Gasteiger partial charge is 0.337 e. The second-order valence-corrected chi connectivity index (χ2v) is 10.3. The SMILES string of the molecule is CN(OS(=O)(=O)CC12CCC(CC1=O)C2(C)C)C(=O)c1cc(=O)oc2ccccc12. The fourth-order valence-electron chi connectivity index (χ4n) is 5.10. The standard InChI is InChI=1S/C21H23NO7S/c1-20(2)13-8-9-21(20,17(23)10-13)12-30(26,27)29-22(3)19(25)15-11-18(24)28-16-7-5-4-6-14(15)16/h4-7,11,13H,8-10,12H2,1-3H3. The molecule has 160 valence electrons. The topological polar surface area (TPSA) is 111 Å². The van der Waals surface area contributed by atoms with E-state index in [4.69, 9.17) is 8.70 Å². The molecule has 4 rings (SSSR count). The summed E-state index contributed by atoms with van der Waals surface area (Å²) in [7, 11) is -3.08. The number of carbonyl (C=O) groups is 2. The van der Waals surface area contributed by atoms with E-state index in [0.717, 1.165) is 12.5 Å². The number of amides is 1. The van der Waals surface area contributed by atoms with E-state index < -0.39 is 38.2 Å². The summed E-state index contributed by atoms with van der Waals surface area (Å²) in [6, 6.07) is 7.44. The molecule has 1 aromatic heterocycles. The van der Waals surface area contributed by atoms with Crippen LogP contribution in [0.3, 0.4) is 0 Å². The van der Waals surface area contributed by atoms with E-state index in [0.29, 0.717) is 23.3 Å². The van der Waals surface area contributed by atoms with Gasteiger partial charge in [0, 0.05) is 24.9 Å². The third-order valence-electron chi connectivity index (χ3n) is 6.95. The molecule has 1 heterocycles. The van der Waals surface area contributed by atoms with Crippen LogP contribution in [0.5, 0.6) is 0 Å². The number of hydrogen-bond donors (Lipinski definition) is 0. The van der Waals surface area contributed by atoms with Gasteiger partial charge in [-0.25, -0.2) is 9.86 Å². The van der Waals surface area contributed by atoms with E-state index in [-0.39, 0.29) is 22.8 Å². The van der Waals surface area contributed by atoms with Gasteiger partial charge in [0.2, 0.25) is 0 Å². The van der Waals surface area contributed by atoms with Gasteiger partial charge in [-0.15, -0.1) is 4.28 Å². The molecule has 2 fully saturated rings. The number of hydrogen-bond acceptors (Lipinski definition) is 7. The minimum Gasteiger partial charge on any atom is -0.423 e. The Morgan fingerprint density at radius 3 is 2.60 bits per heavy atom. The maximum absolute atomic E-state index is 12.9. The van der Waals surface area contributed by atoms with Crippen molar-refractivity contribution in [1.82, 2.24) is 5.06 Å². The number of Topliss-reactive ketones (excluding diaryl/α,β-unsaturated/α-hetero) is 1. The molecular weight excluding hydrogens is 410 g/mol. The molecule has 2 aliphatic rings. The van der Waals surface area contributed by atoms with Crippen LogP contribution in [-0.2, 0) is 19.2 Å². The minimum absolute atomic E-state index is 0.0316. The van der Waals surface area contributed by atoms with Crippen molar-refractivity contribution in [2.45, 2.75) is 33.1 Å². The van der Waals surface area contributed by atoms with Crippen molar-refractivity contribution in [2.24, 2.45) is 16.7 Å². The number of hydroxylamine groups is 2. The predicted octanol–water partition coefficient (Wildman–Crippen LogP) is 2.52. The first-order valence-electron chi connectivity index (χ1n) is 9.73. The molecule has 8 nitrogen and oxygen atoms in total. The van der Waals surface area contributed by atoms with Crippen LogP contribution in [0.1, 0.15) is 43.5 Å². The molecule has 2 saturated carbocycles. The third kappa shape index (κ3) is 3.07. The molecule has 1 amide bonds. The number of rotatable bonds is 5. The molecular formula is C21H23NO7S. The number of fused-ring (bicyclic) bond motifs is 3. The van der Waals surface area contributed by atoms with E-state index >= 15 is 0 Å². The van der Waals surface area contributed by atoms with Gasteiger partial charge in [0.05, 0.1) is 16.7 Å². The highest BCUT2D eigenvalue weighted by Gasteiger charge is 2.65. The van der Waals surface area contributed by atoms with Gasteiger partial charge in [0.1, 0.15) is 11.4 Å². The van der Waals surface area contributed by atoms with Gasteiger partial charge in [-0.1, -0.05) is 32.0 Å². The van der Waals surface area contributed by atoms with Crippen LogP contribution < -0.4 is 5.63 Å². The molecule has 0 spiro atoms. The maximum atomic E-state index is 12.9. The number of ketones is 1. The third-order valence-corrected chi connectivity index (χ3v) is 8.25. The Bertz CT molecular complexity index is 1210. The molecule has 0 aliphatic heterocycles. The van der Waals surface area contributed by atoms with Crippen molar-refractivity contribution in [3.8, 4) is 0 Å². The second kappa shape index (κ2) is 6.75. The van der Waals surface area contributed by atoms with Crippen molar-refractivity contribution in [3.05, 3.63) is 46.3 Å². The zero-order valence-corrected chi connectivity index (χ0v) is 17.8. The van der Waals surface area contributed by atoms with Crippen LogP contribution in [0.25, 0.3) is 11.0 Å². The van der Waals surface area contributed by atoms with E-state index in [1.54, 1.807) is 18.2 Å². The van der Waals surface area contributed by atoms with Crippen LogP contribution in [0.15, 0.2) is 39.5 Å². The Morgan fingerprint density at radius 2 is 1.97 bits per heavy atom. The highest BCUT2D eigenvalue weighted by molar-refractivity contribution is 7.86. The number of benzene rings is 1. The van der Waals surface area contributed by atoms with E-state index in [1.165, 1.54) is 13.1 Å². The maximum Gasteiger partial charge on any atom is 0.337 e. The summed E-state index contributed by atoms with van der Waals surface area (Å²) < 4.78 is 35.8. The lowest BCUT2D eigenvalue weighted by atomic mass is 9.70. The fraction of sp³-hybridized carbons (Fsp3) is 0.476. The van der Waals surface area contributed by atoms with Crippen LogP contribution in [0, 0.1) is 16.7 Å². The minimum atomic E-state index is -4.25. The van der Waals surface area contributed by atoms with Crippen LogP contribution in [-0.4, -0.2) is 38.0 Å². The summed E-state index contributed by atoms with van der Waals surface area (Å²) in [5.74, 6) is -1.18. The second-order valence-electron chi connectivity index (χ2n) is 8.72. The van der Waals surface area contributed by atoms with Crippen molar-refractivity contribution in [3.63, 3.8) is 0 Å².